The van der Waals surface area contributed by atoms with Gasteiger partial charge in [-0.3, -0.25) is 5.10 Å². The maximum absolute atomic E-state index is 5.09. The second-order valence-electron chi connectivity index (χ2n) is 9.03. The Balaban J connectivity index is 1.23. The van der Waals surface area contributed by atoms with Gasteiger partial charge in [0.05, 0.1) is 11.1 Å². The largest absolute Gasteiger partial charge is 0.351 e. The Bertz CT molecular complexity index is 1200. The van der Waals surface area contributed by atoms with Crippen LogP contribution in [0.1, 0.15) is 29.7 Å². The summed E-state index contributed by atoms with van der Waals surface area (Å²) in [6.07, 6.45) is 4.45. The maximum atomic E-state index is 5.09. The zero-order valence-electron chi connectivity index (χ0n) is 18.2. The summed E-state index contributed by atoms with van der Waals surface area (Å²) in [6, 6.07) is 21.5. The normalized spacial score (nSPS) is 16.6. The highest BCUT2D eigenvalue weighted by Crippen LogP contribution is 2.34. The molecule has 2 aromatic carbocycles. The van der Waals surface area contributed by atoms with Crippen molar-refractivity contribution in [3.63, 3.8) is 0 Å². The van der Waals surface area contributed by atoms with E-state index < -0.39 is 0 Å². The summed E-state index contributed by atoms with van der Waals surface area (Å²) in [4.78, 5) is 14.7. The van der Waals surface area contributed by atoms with Gasteiger partial charge in [0.15, 0.2) is 5.65 Å². The Morgan fingerprint density at radius 2 is 1.56 bits per heavy atom. The monoisotopic (exact) mass is 424 g/mol. The van der Waals surface area contributed by atoms with Gasteiger partial charge >= 0.3 is 0 Å². The van der Waals surface area contributed by atoms with Crippen LogP contribution in [0.25, 0.3) is 11.0 Å². The van der Waals surface area contributed by atoms with Crippen LogP contribution in [0.2, 0.25) is 0 Å². The van der Waals surface area contributed by atoms with E-state index in [0.29, 0.717) is 0 Å². The second kappa shape index (κ2) is 8.26. The van der Waals surface area contributed by atoms with Gasteiger partial charge in [-0.2, -0.15) is 15.1 Å². The molecule has 2 aromatic heterocycles. The molecule has 0 saturated carbocycles. The molecule has 4 aromatic rings. The van der Waals surface area contributed by atoms with Gasteiger partial charge in [0.2, 0.25) is 5.95 Å². The van der Waals surface area contributed by atoms with Crippen LogP contribution in [0.3, 0.4) is 0 Å². The van der Waals surface area contributed by atoms with Crippen molar-refractivity contribution < 1.29 is 0 Å². The lowest BCUT2D eigenvalue weighted by Crippen LogP contribution is -2.36. The Morgan fingerprint density at radius 1 is 0.844 bits per heavy atom. The molecule has 2 aliphatic rings. The number of rotatable bonds is 5. The molecule has 6 nitrogen and oxygen atoms in total. The van der Waals surface area contributed by atoms with E-state index in [9.17, 15) is 0 Å². The van der Waals surface area contributed by atoms with Gasteiger partial charge in [0.1, 0.15) is 5.82 Å². The highest BCUT2D eigenvalue weighted by molar-refractivity contribution is 5.91. The van der Waals surface area contributed by atoms with E-state index >= 15 is 0 Å². The number of hydrogen-bond acceptors (Lipinski definition) is 5. The van der Waals surface area contributed by atoms with Crippen LogP contribution in [0.4, 0.5) is 11.8 Å². The molecule has 0 radical (unpaired) electrons. The van der Waals surface area contributed by atoms with Crippen molar-refractivity contribution in [1.82, 2.24) is 20.2 Å². The van der Waals surface area contributed by atoms with Crippen molar-refractivity contribution in [2.75, 3.05) is 29.4 Å². The Morgan fingerprint density at radius 3 is 2.31 bits per heavy atom. The predicted molar refractivity (Wildman–Crippen MR) is 128 cm³/mol. The lowest BCUT2D eigenvalue weighted by Gasteiger charge is -2.33. The molecule has 6 rings (SSSR count). The van der Waals surface area contributed by atoms with Crippen LogP contribution >= 0.6 is 0 Å². The van der Waals surface area contributed by atoms with Crippen LogP contribution in [0, 0.1) is 5.92 Å². The Labute approximate surface area is 188 Å². The summed E-state index contributed by atoms with van der Waals surface area (Å²) in [6.45, 7) is 3.79. The fourth-order valence-electron chi connectivity index (χ4n) is 5.10. The van der Waals surface area contributed by atoms with Gasteiger partial charge in [-0.1, -0.05) is 60.7 Å². The lowest BCUT2D eigenvalue weighted by atomic mass is 9.90. The summed E-state index contributed by atoms with van der Waals surface area (Å²) in [5.74, 6) is 2.57. The minimum Gasteiger partial charge on any atom is -0.351 e. The van der Waals surface area contributed by atoms with Crippen molar-refractivity contribution in [3.8, 4) is 0 Å². The number of hydrogen-bond donors (Lipinski definition) is 1. The molecule has 0 bridgehead atoms. The maximum Gasteiger partial charge on any atom is 0.229 e. The van der Waals surface area contributed by atoms with E-state index in [2.05, 4.69) is 80.7 Å². The molecular weight excluding hydrogens is 396 g/mol. The van der Waals surface area contributed by atoms with Crippen LogP contribution in [0.5, 0.6) is 0 Å². The highest BCUT2D eigenvalue weighted by atomic mass is 15.3. The van der Waals surface area contributed by atoms with E-state index in [0.717, 1.165) is 73.4 Å². The van der Waals surface area contributed by atoms with Crippen molar-refractivity contribution in [2.45, 2.75) is 32.2 Å². The average Bonchev–Trinajstić information content (AvgIpc) is 3.26. The number of anilines is 2. The standard InChI is InChI=1S/C26H28N6/c1-3-7-19(8-4-1)17-20-11-14-31(15-12-20)26-27-24-23-22(29-30-24)13-16-32(25(23)28-26)18-21-9-5-2-6-10-21/h1-10,20H,11-18H2,(H,27,28,29,30). The van der Waals surface area contributed by atoms with E-state index in [4.69, 9.17) is 9.97 Å². The third-order valence-electron chi connectivity index (χ3n) is 6.87. The summed E-state index contributed by atoms with van der Waals surface area (Å²) >= 11 is 0. The number of nitrogens with zero attached hydrogens (tertiary/aromatic N) is 5. The molecule has 32 heavy (non-hydrogen) atoms. The number of benzene rings is 2. The summed E-state index contributed by atoms with van der Waals surface area (Å²) in [5.41, 5.74) is 4.69. The first-order valence-electron chi connectivity index (χ1n) is 11.7. The van der Waals surface area contributed by atoms with Crippen molar-refractivity contribution in [1.29, 1.82) is 0 Å². The molecule has 1 saturated heterocycles. The molecular formula is C26H28N6. The van der Waals surface area contributed by atoms with Crippen molar-refractivity contribution in [2.24, 2.45) is 5.92 Å². The second-order valence-corrected chi connectivity index (χ2v) is 9.03. The number of aromatic amines is 1. The summed E-state index contributed by atoms with van der Waals surface area (Å²) < 4.78 is 0. The number of nitrogens with one attached hydrogen (secondary N) is 1. The topological polar surface area (TPSA) is 60.9 Å². The highest BCUT2D eigenvalue weighted by Gasteiger charge is 2.27. The quantitative estimate of drug-likeness (QED) is 0.515. The van der Waals surface area contributed by atoms with E-state index in [1.54, 1.807) is 0 Å². The first-order chi connectivity index (χ1) is 15.8. The molecule has 0 aliphatic carbocycles. The number of piperidine rings is 1. The molecule has 4 heterocycles. The van der Waals surface area contributed by atoms with Gasteiger partial charge in [-0.25, -0.2) is 0 Å². The van der Waals surface area contributed by atoms with Crippen LogP contribution in [0.15, 0.2) is 60.7 Å². The third kappa shape index (κ3) is 3.70. The fraction of sp³-hybridized carbons (Fsp3) is 0.346. The SMILES string of the molecule is c1ccc(CC2CCN(c3nc4c5c([nH]nc5n3)CCN4Cc3ccccc3)CC2)cc1. The lowest BCUT2D eigenvalue weighted by molar-refractivity contribution is 0.401. The first kappa shape index (κ1) is 19.3. The Hall–Kier alpha value is -3.41. The smallest absolute Gasteiger partial charge is 0.229 e. The van der Waals surface area contributed by atoms with Crippen LogP contribution in [-0.4, -0.2) is 39.8 Å². The molecule has 162 valence electrons. The molecule has 0 unspecified atom stereocenters. The average molecular weight is 425 g/mol. The van der Waals surface area contributed by atoms with Gasteiger partial charge in [-0.15, -0.1) is 0 Å². The predicted octanol–water partition coefficient (Wildman–Crippen LogP) is 4.37. The van der Waals surface area contributed by atoms with E-state index in [-0.39, 0.29) is 0 Å². The molecule has 1 fully saturated rings. The molecule has 0 amide bonds. The first-order valence-corrected chi connectivity index (χ1v) is 11.7. The van der Waals surface area contributed by atoms with Crippen LogP contribution < -0.4 is 9.80 Å². The minimum atomic E-state index is 0.724. The summed E-state index contributed by atoms with van der Waals surface area (Å²) in [5, 5.41) is 8.83. The summed E-state index contributed by atoms with van der Waals surface area (Å²) in [7, 11) is 0. The zero-order valence-corrected chi connectivity index (χ0v) is 18.2. The minimum absolute atomic E-state index is 0.724. The zero-order chi connectivity index (χ0) is 21.3. The Kier molecular flexibility index (Phi) is 4.98. The molecule has 0 spiro atoms. The number of aromatic nitrogens is 4. The molecule has 0 atom stereocenters. The van der Waals surface area contributed by atoms with Crippen molar-refractivity contribution >= 4 is 22.8 Å². The van der Waals surface area contributed by atoms with Gasteiger partial charge < -0.3 is 9.80 Å². The molecule has 6 heteroatoms. The number of H-pyrrole nitrogens is 1. The third-order valence-corrected chi connectivity index (χ3v) is 6.87. The van der Waals surface area contributed by atoms with Gasteiger partial charge in [-0.05, 0) is 36.3 Å². The van der Waals surface area contributed by atoms with Gasteiger partial charge in [0, 0.05) is 32.6 Å². The van der Waals surface area contributed by atoms with Crippen LogP contribution in [-0.2, 0) is 19.4 Å². The van der Waals surface area contributed by atoms with E-state index in [1.165, 1.54) is 24.0 Å². The molecule has 2 aliphatic heterocycles. The van der Waals surface area contributed by atoms with Gasteiger partial charge in [0.25, 0.3) is 0 Å². The van der Waals surface area contributed by atoms with Crippen molar-refractivity contribution in [3.05, 3.63) is 77.5 Å². The van der Waals surface area contributed by atoms with E-state index in [1.807, 2.05) is 0 Å². The fourth-order valence-corrected chi connectivity index (χ4v) is 5.10. The molecule has 1 N–H and O–H groups in total.